The Balaban J connectivity index is 1.94. The molecule has 4 atom stereocenters. The van der Waals surface area contributed by atoms with Crippen LogP contribution in [0.2, 0.25) is 0 Å². The van der Waals surface area contributed by atoms with Crippen LogP contribution in [0.4, 0.5) is 0 Å². The smallest absolute Gasteiger partial charge is 0.0707 e. The molecule has 2 aliphatic heterocycles. The Morgan fingerprint density at radius 3 is 2.23 bits per heavy atom. The number of rotatable bonds is 2. The predicted octanol–water partition coefficient (Wildman–Crippen LogP) is 0.619. The van der Waals surface area contributed by atoms with E-state index >= 15 is 0 Å². The van der Waals surface area contributed by atoms with Crippen molar-refractivity contribution in [3.63, 3.8) is 0 Å². The molecule has 2 bridgehead atoms. The summed E-state index contributed by atoms with van der Waals surface area (Å²) in [6, 6.07) is 0.270. The van der Waals surface area contributed by atoms with Gasteiger partial charge in [-0.1, -0.05) is 0 Å². The molecule has 3 heteroatoms. The first-order valence-corrected chi connectivity index (χ1v) is 5.24. The molecule has 4 unspecified atom stereocenters. The van der Waals surface area contributed by atoms with Crippen molar-refractivity contribution in [1.82, 2.24) is 4.90 Å². The number of hydrogen-bond acceptors (Lipinski definition) is 3. The Morgan fingerprint density at radius 2 is 1.77 bits per heavy atom. The average molecular weight is 185 g/mol. The Morgan fingerprint density at radius 1 is 1.23 bits per heavy atom. The second-order valence-corrected chi connectivity index (χ2v) is 4.39. The van der Waals surface area contributed by atoms with Crippen molar-refractivity contribution in [3.8, 4) is 0 Å². The minimum atomic E-state index is -0.238. The van der Waals surface area contributed by atoms with Crippen molar-refractivity contribution in [3.05, 3.63) is 0 Å². The zero-order valence-electron chi connectivity index (χ0n) is 8.44. The summed E-state index contributed by atoms with van der Waals surface area (Å²) in [7, 11) is 0. The van der Waals surface area contributed by atoms with Crippen molar-refractivity contribution in [2.24, 2.45) is 0 Å². The Bertz CT molecular complexity index is 172. The maximum Gasteiger partial charge on any atom is 0.0707 e. The van der Waals surface area contributed by atoms with Crippen molar-refractivity contribution < 1.29 is 9.84 Å². The van der Waals surface area contributed by atoms with Crippen LogP contribution < -0.4 is 0 Å². The van der Waals surface area contributed by atoms with Crippen LogP contribution in [0.3, 0.4) is 0 Å². The van der Waals surface area contributed by atoms with Crippen LogP contribution in [0, 0.1) is 0 Å². The first kappa shape index (κ1) is 9.44. The van der Waals surface area contributed by atoms with E-state index in [9.17, 15) is 5.11 Å². The van der Waals surface area contributed by atoms with Crippen LogP contribution in [0.5, 0.6) is 0 Å². The SMILES string of the molecule is CC(O)C(C)N1CC2CCC(C1)O2. The van der Waals surface area contributed by atoms with Crippen molar-refractivity contribution in [2.75, 3.05) is 13.1 Å². The van der Waals surface area contributed by atoms with Gasteiger partial charge in [-0.3, -0.25) is 4.90 Å². The zero-order chi connectivity index (χ0) is 9.42. The van der Waals surface area contributed by atoms with Gasteiger partial charge < -0.3 is 9.84 Å². The standard InChI is InChI=1S/C10H19NO2/c1-7(8(2)12)11-5-9-3-4-10(6-11)13-9/h7-10,12H,3-6H2,1-2H3. The fraction of sp³-hybridized carbons (Fsp3) is 1.00. The summed E-state index contributed by atoms with van der Waals surface area (Å²) in [6.45, 7) is 5.96. The molecule has 2 saturated heterocycles. The highest BCUT2D eigenvalue weighted by Crippen LogP contribution is 2.27. The minimum Gasteiger partial charge on any atom is -0.392 e. The highest BCUT2D eigenvalue weighted by molar-refractivity contribution is 4.88. The molecular formula is C10H19NO2. The third kappa shape index (κ3) is 1.87. The van der Waals surface area contributed by atoms with Crippen LogP contribution in [0.25, 0.3) is 0 Å². The fourth-order valence-corrected chi connectivity index (χ4v) is 2.28. The van der Waals surface area contributed by atoms with E-state index < -0.39 is 0 Å². The van der Waals surface area contributed by atoms with Crippen molar-refractivity contribution in [1.29, 1.82) is 0 Å². The molecule has 0 aromatic rings. The van der Waals surface area contributed by atoms with Gasteiger partial charge in [0, 0.05) is 19.1 Å². The molecular weight excluding hydrogens is 166 g/mol. The van der Waals surface area contributed by atoms with Crippen LogP contribution >= 0.6 is 0 Å². The zero-order valence-corrected chi connectivity index (χ0v) is 8.44. The van der Waals surface area contributed by atoms with E-state index in [1.807, 2.05) is 6.92 Å². The lowest BCUT2D eigenvalue weighted by Crippen LogP contribution is -2.50. The summed E-state index contributed by atoms with van der Waals surface area (Å²) in [5.41, 5.74) is 0. The molecule has 2 aliphatic rings. The van der Waals surface area contributed by atoms with Gasteiger partial charge in [-0.05, 0) is 26.7 Å². The van der Waals surface area contributed by atoms with Crippen molar-refractivity contribution in [2.45, 2.75) is 51.0 Å². The fourth-order valence-electron chi connectivity index (χ4n) is 2.28. The Kier molecular flexibility index (Phi) is 2.58. The second-order valence-electron chi connectivity index (χ2n) is 4.39. The first-order chi connectivity index (χ1) is 6.16. The van der Waals surface area contributed by atoms with E-state index in [1.54, 1.807) is 0 Å². The molecule has 13 heavy (non-hydrogen) atoms. The average Bonchev–Trinajstić information content (AvgIpc) is 2.44. The lowest BCUT2D eigenvalue weighted by molar-refractivity contribution is -0.0665. The molecule has 3 nitrogen and oxygen atoms in total. The number of likely N-dealkylation sites (tertiary alicyclic amines) is 1. The van der Waals surface area contributed by atoms with Gasteiger partial charge in [0.25, 0.3) is 0 Å². The van der Waals surface area contributed by atoms with Gasteiger partial charge in [0.1, 0.15) is 0 Å². The molecule has 0 aromatic carbocycles. The van der Waals surface area contributed by atoms with Gasteiger partial charge in [-0.2, -0.15) is 0 Å². The molecule has 0 aromatic heterocycles. The van der Waals surface area contributed by atoms with Gasteiger partial charge in [-0.15, -0.1) is 0 Å². The van der Waals surface area contributed by atoms with Crippen molar-refractivity contribution >= 4 is 0 Å². The summed E-state index contributed by atoms with van der Waals surface area (Å²) in [5, 5.41) is 9.48. The maximum atomic E-state index is 9.48. The molecule has 2 rings (SSSR count). The molecule has 76 valence electrons. The molecule has 0 spiro atoms. The quantitative estimate of drug-likeness (QED) is 0.684. The number of aliphatic hydroxyl groups is 1. The molecule has 0 saturated carbocycles. The summed E-state index contributed by atoms with van der Waals surface area (Å²) in [4.78, 5) is 2.36. The number of aliphatic hydroxyl groups excluding tert-OH is 1. The number of nitrogens with zero attached hydrogens (tertiary/aromatic N) is 1. The number of morpholine rings is 1. The number of hydrogen-bond donors (Lipinski definition) is 1. The summed E-state index contributed by atoms with van der Waals surface area (Å²) in [5.74, 6) is 0. The molecule has 0 aliphatic carbocycles. The highest BCUT2D eigenvalue weighted by atomic mass is 16.5. The molecule has 2 heterocycles. The van der Waals surface area contributed by atoms with Crippen LogP contribution in [0.1, 0.15) is 26.7 Å². The van der Waals surface area contributed by atoms with Crippen LogP contribution in [-0.4, -0.2) is 47.4 Å². The molecule has 1 N–H and O–H groups in total. The number of fused-ring (bicyclic) bond motifs is 2. The predicted molar refractivity (Wildman–Crippen MR) is 50.6 cm³/mol. The third-order valence-corrected chi connectivity index (χ3v) is 3.35. The summed E-state index contributed by atoms with van der Waals surface area (Å²) in [6.07, 6.45) is 3.03. The van der Waals surface area contributed by atoms with E-state index in [0.717, 1.165) is 13.1 Å². The van der Waals surface area contributed by atoms with Gasteiger partial charge in [0.05, 0.1) is 18.3 Å². The lowest BCUT2D eigenvalue weighted by Gasteiger charge is -2.37. The molecule has 0 radical (unpaired) electrons. The molecule has 0 amide bonds. The monoisotopic (exact) mass is 185 g/mol. The second kappa shape index (κ2) is 3.56. The van der Waals surface area contributed by atoms with Gasteiger partial charge >= 0.3 is 0 Å². The summed E-state index contributed by atoms with van der Waals surface area (Å²) >= 11 is 0. The van der Waals surface area contributed by atoms with E-state index in [4.69, 9.17) is 4.74 Å². The van der Waals surface area contributed by atoms with Gasteiger partial charge in [0.15, 0.2) is 0 Å². The van der Waals surface area contributed by atoms with Gasteiger partial charge in [-0.25, -0.2) is 0 Å². The topological polar surface area (TPSA) is 32.7 Å². The lowest BCUT2D eigenvalue weighted by atomic mass is 10.1. The van der Waals surface area contributed by atoms with E-state index in [0.29, 0.717) is 12.2 Å². The van der Waals surface area contributed by atoms with E-state index in [-0.39, 0.29) is 12.1 Å². The number of ether oxygens (including phenoxy) is 1. The van der Waals surface area contributed by atoms with E-state index in [1.165, 1.54) is 12.8 Å². The summed E-state index contributed by atoms with van der Waals surface area (Å²) < 4.78 is 5.73. The Hall–Kier alpha value is -0.120. The highest BCUT2D eigenvalue weighted by Gasteiger charge is 2.36. The maximum absolute atomic E-state index is 9.48. The van der Waals surface area contributed by atoms with Gasteiger partial charge in [0.2, 0.25) is 0 Å². The van der Waals surface area contributed by atoms with Crippen LogP contribution in [0.15, 0.2) is 0 Å². The van der Waals surface area contributed by atoms with E-state index in [2.05, 4.69) is 11.8 Å². The normalized spacial score (nSPS) is 39.0. The van der Waals surface area contributed by atoms with Crippen LogP contribution in [-0.2, 0) is 4.74 Å². The first-order valence-electron chi connectivity index (χ1n) is 5.24. The Labute approximate surface area is 79.7 Å². The minimum absolute atomic E-state index is 0.238. The molecule has 2 fully saturated rings. The largest absolute Gasteiger partial charge is 0.392 e. The third-order valence-electron chi connectivity index (χ3n) is 3.35.